The minimum atomic E-state index is -1.28. The van der Waals surface area contributed by atoms with E-state index in [4.69, 9.17) is 4.74 Å². The Morgan fingerprint density at radius 1 is 1.26 bits per heavy atom. The lowest BCUT2D eigenvalue weighted by Gasteiger charge is -2.27. The van der Waals surface area contributed by atoms with E-state index >= 15 is 0 Å². The average molecular weight is 318 g/mol. The molecule has 3 rings (SSSR count). The number of methoxy groups -OCH3 is 1. The van der Waals surface area contributed by atoms with Gasteiger partial charge < -0.3 is 9.84 Å². The molecule has 122 valence electrons. The molecule has 2 N–H and O–H groups in total. The number of aromatic hydroxyl groups is 1. The molecule has 1 aromatic carbocycles. The second-order valence-corrected chi connectivity index (χ2v) is 6.15. The number of phenolic OH excluding ortho intramolecular Hbond substituents is 1. The maximum Gasteiger partial charge on any atom is 0.326 e. The first-order valence-corrected chi connectivity index (χ1v) is 7.27. The van der Waals surface area contributed by atoms with E-state index in [-0.39, 0.29) is 17.6 Å². The number of rotatable bonds is 2. The number of ether oxygens (including phenoxy) is 1. The van der Waals surface area contributed by atoms with Crippen LogP contribution in [-0.4, -0.2) is 47.5 Å². The SMILES string of the molecule is COC(=O)C1(C)NC(c2ccc(O)cc2)C2C(=O)N(C)C(=O)C21. The van der Waals surface area contributed by atoms with Gasteiger partial charge in [0, 0.05) is 13.1 Å². The van der Waals surface area contributed by atoms with Gasteiger partial charge >= 0.3 is 5.97 Å². The highest BCUT2D eigenvalue weighted by Gasteiger charge is 2.66. The summed E-state index contributed by atoms with van der Waals surface area (Å²) in [5.41, 5.74) is -0.554. The number of nitrogens with zero attached hydrogens (tertiary/aromatic N) is 1. The first kappa shape index (κ1) is 15.5. The van der Waals surface area contributed by atoms with E-state index in [2.05, 4.69) is 5.32 Å². The Bertz CT molecular complexity index is 686. The summed E-state index contributed by atoms with van der Waals surface area (Å²) in [7, 11) is 2.68. The fourth-order valence-corrected chi connectivity index (χ4v) is 3.65. The number of phenols is 1. The normalized spacial score (nSPS) is 33.0. The van der Waals surface area contributed by atoms with E-state index in [1.807, 2.05) is 0 Å². The standard InChI is InChI=1S/C16H18N2O5/c1-16(15(22)23-3)11-10(13(20)18(2)14(11)21)12(17-16)8-4-6-9(19)7-5-8/h4-7,10-12,17,19H,1-3H3. The summed E-state index contributed by atoms with van der Waals surface area (Å²) in [5, 5.41) is 12.5. The first-order chi connectivity index (χ1) is 10.8. The van der Waals surface area contributed by atoms with Crippen molar-refractivity contribution in [2.75, 3.05) is 14.2 Å². The van der Waals surface area contributed by atoms with Crippen LogP contribution in [0.5, 0.6) is 5.75 Å². The van der Waals surface area contributed by atoms with Crippen molar-refractivity contribution in [1.82, 2.24) is 10.2 Å². The van der Waals surface area contributed by atoms with Gasteiger partial charge in [0.1, 0.15) is 11.3 Å². The van der Waals surface area contributed by atoms with Gasteiger partial charge in [0.25, 0.3) is 0 Å². The summed E-state index contributed by atoms with van der Waals surface area (Å²) >= 11 is 0. The van der Waals surface area contributed by atoms with Gasteiger partial charge in [0.15, 0.2) is 0 Å². The molecule has 2 aliphatic heterocycles. The Morgan fingerprint density at radius 2 is 1.87 bits per heavy atom. The molecule has 4 unspecified atom stereocenters. The Labute approximate surface area is 133 Å². The summed E-state index contributed by atoms with van der Waals surface area (Å²) in [6.07, 6.45) is 0. The molecule has 2 amide bonds. The van der Waals surface area contributed by atoms with Crippen LogP contribution in [-0.2, 0) is 19.1 Å². The number of imide groups is 1. The number of hydrogen-bond acceptors (Lipinski definition) is 6. The predicted molar refractivity (Wildman–Crippen MR) is 79.2 cm³/mol. The van der Waals surface area contributed by atoms with Crippen molar-refractivity contribution < 1.29 is 24.2 Å². The molecule has 0 spiro atoms. The fourth-order valence-electron chi connectivity index (χ4n) is 3.65. The Balaban J connectivity index is 2.09. The highest BCUT2D eigenvalue weighted by molar-refractivity contribution is 6.09. The zero-order valence-electron chi connectivity index (χ0n) is 13.1. The summed E-state index contributed by atoms with van der Waals surface area (Å²) < 4.78 is 4.84. The minimum Gasteiger partial charge on any atom is -0.508 e. The monoisotopic (exact) mass is 318 g/mol. The Hall–Kier alpha value is -2.41. The van der Waals surface area contributed by atoms with Crippen molar-refractivity contribution in [3.8, 4) is 5.75 Å². The summed E-state index contributed by atoms with van der Waals surface area (Å²) in [4.78, 5) is 38.3. The second-order valence-electron chi connectivity index (χ2n) is 6.15. The number of nitrogens with one attached hydrogen (secondary N) is 1. The van der Waals surface area contributed by atoms with Crippen molar-refractivity contribution >= 4 is 17.8 Å². The van der Waals surface area contributed by atoms with E-state index < -0.39 is 29.4 Å². The highest BCUT2D eigenvalue weighted by Crippen LogP contribution is 2.48. The van der Waals surface area contributed by atoms with E-state index in [9.17, 15) is 19.5 Å². The molecule has 2 heterocycles. The van der Waals surface area contributed by atoms with Gasteiger partial charge in [-0.2, -0.15) is 0 Å². The largest absolute Gasteiger partial charge is 0.508 e. The molecule has 4 atom stereocenters. The number of carbonyl (C=O) groups is 3. The molecule has 7 heteroatoms. The highest BCUT2D eigenvalue weighted by atomic mass is 16.5. The van der Waals surface area contributed by atoms with Gasteiger partial charge in [-0.3, -0.25) is 24.6 Å². The number of likely N-dealkylation sites (tertiary alicyclic amines) is 1. The summed E-state index contributed by atoms with van der Waals surface area (Å²) in [6.45, 7) is 1.58. The molecule has 0 radical (unpaired) electrons. The number of esters is 1. The van der Waals surface area contributed by atoms with Crippen molar-refractivity contribution in [2.24, 2.45) is 11.8 Å². The zero-order chi connectivity index (χ0) is 16.9. The maximum absolute atomic E-state index is 12.5. The third kappa shape index (κ3) is 2.03. The average Bonchev–Trinajstić information content (AvgIpc) is 2.97. The predicted octanol–water partition coefficient (Wildman–Crippen LogP) is 0.199. The lowest BCUT2D eigenvalue weighted by molar-refractivity contribution is -0.152. The van der Waals surface area contributed by atoms with Crippen molar-refractivity contribution in [3.05, 3.63) is 29.8 Å². The maximum atomic E-state index is 12.5. The van der Waals surface area contributed by atoms with Crippen molar-refractivity contribution in [2.45, 2.75) is 18.5 Å². The van der Waals surface area contributed by atoms with E-state index in [0.29, 0.717) is 0 Å². The van der Waals surface area contributed by atoms with Gasteiger partial charge in [0.2, 0.25) is 11.8 Å². The lowest BCUT2D eigenvalue weighted by Crippen LogP contribution is -2.53. The molecule has 2 aliphatic rings. The van der Waals surface area contributed by atoms with Crippen molar-refractivity contribution in [1.29, 1.82) is 0 Å². The Kier molecular flexibility index (Phi) is 3.40. The van der Waals surface area contributed by atoms with Gasteiger partial charge in [-0.1, -0.05) is 12.1 Å². The van der Waals surface area contributed by atoms with Gasteiger partial charge in [-0.05, 0) is 24.6 Å². The van der Waals surface area contributed by atoms with Crippen molar-refractivity contribution in [3.63, 3.8) is 0 Å². The van der Waals surface area contributed by atoms with E-state index in [1.54, 1.807) is 19.1 Å². The second kappa shape index (κ2) is 5.06. The number of amides is 2. The van der Waals surface area contributed by atoms with Crippen LogP contribution in [0.25, 0.3) is 0 Å². The number of carbonyl (C=O) groups excluding carboxylic acids is 3. The third-order valence-electron chi connectivity index (χ3n) is 4.87. The van der Waals surface area contributed by atoms with Crippen LogP contribution in [0.4, 0.5) is 0 Å². The van der Waals surface area contributed by atoms with Gasteiger partial charge in [-0.15, -0.1) is 0 Å². The molecule has 0 aromatic heterocycles. The summed E-state index contributed by atoms with van der Waals surface area (Å²) in [5.74, 6) is -2.68. The van der Waals surface area contributed by atoms with Crippen LogP contribution in [0.3, 0.4) is 0 Å². The molecular weight excluding hydrogens is 300 g/mol. The van der Waals surface area contributed by atoms with Crippen LogP contribution < -0.4 is 5.32 Å². The molecule has 7 nitrogen and oxygen atoms in total. The molecule has 1 aromatic rings. The van der Waals surface area contributed by atoms with Gasteiger partial charge in [0.05, 0.1) is 18.9 Å². The topological polar surface area (TPSA) is 95.9 Å². The zero-order valence-corrected chi connectivity index (χ0v) is 13.1. The van der Waals surface area contributed by atoms with Crippen LogP contribution in [0.2, 0.25) is 0 Å². The van der Waals surface area contributed by atoms with E-state index in [0.717, 1.165) is 10.5 Å². The summed E-state index contributed by atoms with van der Waals surface area (Å²) in [6, 6.07) is 5.84. The molecule has 23 heavy (non-hydrogen) atoms. The van der Waals surface area contributed by atoms with Crippen LogP contribution >= 0.6 is 0 Å². The molecule has 0 aliphatic carbocycles. The molecule has 2 saturated heterocycles. The fraction of sp³-hybridized carbons (Fsp3) is 0.438. The first-order valence-electron chi connectivity index (χ1n) is 7.27. The molecule has 2 fully saturated rings. The quantitative estimate of drug-likeness (QED) is 0.597. The molecule has 0 bridgehead atoms. The lowest BCUT2D eigenvalue weighted by atomic mass is 9.80. The minimum absolute atomic E-state index is 0.102. The van der Waals surface area contributed by atoms with Crippen LogP contribution in [0.15, 0.2) is 24.3 Å². The number of benzene rings is 1. The molecular formula is C16H18N2O5. The number of hydrogen-bond donors (Lipinski definition) is 2. The van der Waals surface area contributed by atoms with Crippen LogP contribution in [0, 0.1) is 11.8 Å². The Morgan fingerprint density at radius 3 is 2.43 bits per heavy atom. The van der Waals surface area contributed by atoms with Crippen LogP contribution in [0.1, 0.15) is 18.5 Å². The van der Waals surface area contributed by atoms with Gasteiger partial charge in [-0.25, -0.2) is 0 Å². The number of fused-ring (bicyclic) bond motifs is 1. The third-order valence-corrected chi connectivity index (χ3v) is 4.87. The van der Waals surface area contributed by atoms with E-state index in [1.165, 1.54) is 26.3 Å². The smallest absolute Gasteiger partial charge is 0.326 e. The molecule has 0 saturated carbocycles.